The number of hydrogen-bond donors (Lipinski definition) is 3. The Balaban J connectivity index is 2.37. The minimum absolute atomic E-state index is 0.0246. The van der Waals surface area contributed by atoms with Gasteiger partial charge in [0.25, 0.3) is 5.56 Å². The maximum Gasteiger partial charge on any atom is 0.328 e. The zero-order chi connectivity index (χ0) is 18.1. The lowest BCUT2D eigenvalue weighted by Gasteiger charge is -2.26. The minimum Gasteiger partial charge on any atom is -0.497 e. The summed E-state index contributed by atoms with van der Waals surface area (Å²) in [6.45, 7) is 0. The van der Waals surface area contributed by atoms with Gasteiger partial charge in [0.1, 0.15) is 23.1 Å². The maximum absolute atomic E-state index is 12.4. The number of nitriles is 1. The Kier molecular flexibility index (Phi) is 3.94. The van der Waals surface area contributed by atoms with Gasteiger partial charge in [-0.05, 0) is 18.2 Å². The van der Waals surface area contributed by atoms with Crippen LogP contribution in [0.5, 0.6) is 17.4 Å². The lowest BCUT2D eigenvalue weighted by Crippen LogP contribution is -2.33. The number of allylic oxidation sites excluding steroid dienone is 1. The van der Waals surface area contributed by atoms with Crippen LogP contribution in [0, 0.1) is 11.3 Å². The lowest BCUT2D eigenvalue weighted by atomic mass is 9.84. The molecule has 0 saturated carbocycles. The molecule has 1 aliphatic rings. The number of nitrogens with one attached hydrogen (secondary N) is 2. The molecular weight excluding hydrogens is 328 g/mol. The Labute approximate surface area is 141 Å². The number of methoxy groups -OCH3 is 2. The summed E-state index contributed by atoms with van der Waals surface area (Å²) >= 11 is 0. The summed E-state index contributed by atoms with van der Waals surface area (Å²) in [5, 5.41) is 9.53. The van der Waals surface area contributed by atoms with E-state index in [2.05, 4.69) is 9.97 Å². The van der Waals surface area contributed by atoms with E-state index in [-0.39, 0.29) is 22.9 Å². The first-order chi connectivity index (χ1) is 12.0. The quantitative estimate of drug-likeness (QED) is 0.727. The van der Waals surface area contributed by atoms with Crippen molar-refractivity contribution >= 4 is 0 Å². The third-order valence-electron chi connectivity index (χ3n) is 3.87. The van der Waals surface area contributed by atoms with Crippen molar-refractivity contribution in [1.29, 1.82) is 5.26 Å². The number of ether oxygens (including phenoxy) is 3. The highest BCUT2D eigenvalue weighted by atomic mass is 16.5. The Morgan fingerprint density at radius 1 is 1.24 bits per heavy atom. The molecule has 0 saturated heterocycles. The van der Waals surface area contributed by atoms with E-state index in [0.717, 1.165) is 0 Å². The fraction of sp³-hybridized carbons (Fsp3) is 0.188. The molecular formula is C16H14N4O5. The normalized spacial score (nSPS) is 15.8. The lowest BCUT2D eigenvalue weighted by molar-refractivity contribution is 0.368. The third kappa shape index (κ3) is 2.59. The highest BCUT2D eigenvalue weighted by Gasteiger charge is 2.36. The van der Waals surface area contributed by atoms with Gasteiger partial charge >= 0.3 is 5.69 Å². The summed E-state index contributed by atoms with van der Waals surface area (Å²) in [4.78, 5) is 28.4. The first-order valence-corrected chi connectivity index (χ1v) is 7.16. The van der Waals surface area contributed by atoms with Crippen molar-refractivity contribution in [2.75, 3.05) is 14.2 Å². The topological polar surface area (TPSA) is 143 Å². The SMILES string of the molecule is COc1ccc(OC)c([C@H]2C(C#N)=C(N)Oc3[nH]c(=O)[nH]c(=O)c32)c1. The molecule has 9 heteroatoms. The van der Waals surface area contributed by atoms with E-state index < -0.39 is 17.2 Å². The van der Waals surface area contributed by atoms with Crippen LogP contribution >= 0.6 is 0 Å². The van der Waals surface area contributed by atoms with Crippen molar-refractivity contribution < 1.29 is 14.2 Å². The van der Waals surface area contributed by atoms with Gasteiger partial charge in [-0.15, -0.1) is 0 Å². The summed E-state index contributed by atoms with van der Waals surface area (Å²) in [5.41, 5.74) is 4.95. The molecule has 25 heavy (non-hydrogen) atoms. The van der Waals surface area contributed by atoms with Crippen LogP contribution in [-0.4, -0.2) is 24.2 Å². The molecule has 2 heterocycles. The second kappa shape index (κ2) is 6.09. The molecule has 0 radical (unpaired) electrons. The molecule has 0 amide bonds. The van der Waals surface area contributed by atoms with Crippen LogP contribution in [0.15, 0.2) is 39.2 Å². The summed E-state index contributed by atoms with van der Waals surface area (Å²) in [7, 11) is 2.95. The largest absolute Gasteiger partial charge is 0.497 e. The molecule has 3 rings (SSSR count). The summed E-state index contributed by atoms with van der Waals surface area (Å²) in [6, 6.07) is 6.92. The van der Waals surface area contributed by atoms with E-state index >= 15 is 0 Å². The average molecular weight is 342 g/mol. The van der Waals surface area contributed by atoms with E-state index in [4.69, 9.17) is 19.9 Å². The smallest absolute Gasteiger partial charge is 0.328 e. The molecule has 1 aromatic heterocycles. The number of H-pyrrole nitrogens is 2. The highest BCUT2D eigenvalue weighted by Crippen LogP contribution is 2.43. The number of fused-ring (bicyclic) bond motifs is 1. The van der Waals surface area contributed by atoms with Gasteiger partial charge in [0.2, 0.25) is 11.8 Å². The molecule has 0 bridgehead atoms. The zero-order valence-electron chi connectivity index (χ0n) is 13.4. The van der Waals surface area contributed by atoms with Crippen molar-refractivity contribution in [3.05, 3.63) is 61.6 Å². The predicted molar refractivity (Wildman–Crippen MR) is 86.5 cm³/mol. The summed E-state index contributed by atoms with van der Waals surface area (Å²) < 4.78 is 15.8. The monoisotopic (exact) mass is 342 g/mol. The second-order valence-electron chi connectivity index (χ2n) is 5.18. The van der Waals surface area contributed by atoms with Gasteiger partial charge in [-0.25, -0.2) is 4.79 Å². The fourth-order valence-corrected chi connectivity index (χ4v) is 2.77. The van der Waals surface area contributed by atoms with E-state index in [0.29, 0.717) is 17.1 Å². The summed E-state index contributed by atoms with van der Waals surface area (Å²) in [6.07, 6.45) is 0. The van der Waals surface area contributed by atoms with Gasteiger partial charge < -0.3 is 19.9 Å². The molecule has 1 aromatic carbocycles. The number of aromatic nitrogens is 2. The molecule has 0 unspecified atom stereocenters. The van der Waals surface area contributed by atoms with Crippen molar-refractivity contribution in [2.24, 2.45) is 5.73 Å². The van der Waals surface area contributed by atoms with Crippen LogP contribution in [0.25, 0.3) is 0 Å². The van der Waals surface area contributed by atoms with E-state index in [1.165, 1.54) is 14.2 Å². The maximum atomic E-state index is 12.4. The summed E-state index contributed by atoms with van der Waals surface area (Å²) in [5.74, 6) is -0.281. The average Bonchev–Trinajstić information content (AvgIpc) is 2.59. The fourth-order valence-electron chi connectivity index (χ4n) is 2.77. The van der Waals surface area contributed by atoms with E-state index in [9.17, 15) is 14.9 Å². The first kappa shape index (κ1) is 16.2. The number of benzene rings is 1. The van der Waals surface area contributed by atoms with Crippen LogP contribution in [0.3, 0.4) is 0 Å². The predicted octanol–water partition coefficient (Wildman–Crippen LogP) is 0.299. The van der Waals surface area contributed by atoms with E-state index in [1.807, 2.05) is 6.07 Å². The second-order valence-corrected chi connectivity index (χ2v) is 5.18. The molecule has 0 fully saturated rings. The number of rotatable bonds is 3. The standard InChI is InChI=1S/C16H14N4O5/c1-23-7-3-4-10(24-2)8(5-7)11-9(6-17)13(18)25-15-12(11)14(21)19-16(22)20-15/h3-5,11H,18H2,1-2H3,(H2,19,20,21,22)/t11-/m0/s1. The number of aromatic amines is 2. The number of hydrogen-bond acceptors (Lipinski definition) is 7. The van der Waals surface area contributed by atoms with Crippen LogP contribution in [0.4, 0.5) is 0 Å². The minimum atomic E-state index is -0.889. The van der Waals surface area contributed by atoms with Gasteiger partial charge in [0, 0.05) is 5.56 Å². The number of nitrogens with two attached hydrogens (primary N) is 1. The van der Waals surface area contributed by atoms with Crippen LogP contribution < -0.4 is 31.2 Å². The molecule has 9 nitrogen and oxygen atoms in total. The van der Waals surface area contributed by atoms with Gasteiger partial charge in [0.05, 0.1) is 25.7 Å². The number of nitrogens with zero attached hydrogens (tertiary/aromatic N) is 1. The Morgan fingerprint density at radius 3 is 2.64 bits per heavy atom. The van der Waals surface area contributed by atoms with Gasteiger partial charge in [0.15, 0.2) is 0 Å². The highest BCUT2D eigenvalue weighted by molar-refractivity contribution is 5.57. The van der Waals surface area contributed by atoms with Crippen LogP contribution in [0.1, 0.15) is 17.0 Å². The molecule has 0 spiro atoms. The Morgan fingerprint density at radius 2 is 2.00 bits per heavy atom. The molecule has 0 aliphatic carbocycles. The van der Waals surface area contributed by atoms with Crippen LogP contribution in [-0.2, 0) is 0 Å². The molecule has 1 aliphatic heterocycles. The molecule has 4 N–H and O–H groups in total. The van der Waals surface area contributed by atoms with Crippen LogP contribution in [0.2, 0.25) is 0 Å². The Bertz CT molecular complexity index is 1030. The Hall–Kier alpha value is -3.67. The molecule has 1 atom stereocenters. The zero-order valence-corrected chi connectivity index (χ0v) is 13.4. The van der Waals surface area contributed by atoms with Crippen molar-refractivity contribution in [2.45, 2.75) is 5.92 Å². The molecule has 2 aromatic rings. The van der Waals surface area contributed by atoms with Gasteiger partial charge in [-0.2, -0.15) is 5.26 Å². The third-order valence-corrected chi connectivity index (χ3v) is 3.87. The first-order valence-electron chi connectivity index (χ1n) is 7.16. The van der Waals surface area contributed by atoms with Crippen molar-refractivity contribution in [3.63, 3.8) is 0 Å². The van der Waals surface area contributed by atoms with Gasteiger partial charge in [-0.3, -0.25) is 14.8 Å². The van der Waals surface area contributed by atoms with Crippen molar-refractivity contribution in [3.8, 4) is 23.4 Å². The van der Waals surface area contributed by atoms with E-state index in [1.54, 1.807) is 18.2 Å². The van der Waals surface area contributed by atoms with Gasteiger partial charge in [-0.1, -0.05) is 0 Å². The molecule has 128 valence electrons. The van der Waals surface area contributed by atoms with Crippen molar-refractivity contribution in [1.82, 2.24) is 9.97 Å².